The molecule has 2 aromatic rings. The smallest absolute Gasteiger partial charge is 0.237 e. The molecule has 0 bridgehead atoms. The minimum absolute atomic E-state index is 0.593. The van der Waals surface area contributed by atoms with E-state index in [1.54, 1.807) is 7.11 Å². The Labute approximate surface area is 94.9 Å². The molecule has 2 heterocycles. The zero-order chi connectivity index (χ0) is 11.7. The van der Waals surface area contributed by atoms with Crippen molar-refractivity contribution in [1.82, 2.24) is 14.5 Å². The number of nitrogens with zero attached hydrogens (tertiary/aromatic N) is 3. The summed E-state index contributed by atoms with van der Waals surface area (Å²) in [4.78, 5) is 8.76. The summed E-state index contributed by atoms with van der Waals surface area (Å²) in [6.07, 6.45) is 0. The van der Waals surface area contributed by atoms with Crippen LogP contribution in [-0.2, 0) is 0 Å². The highest BCUT2D eigenvalue weighted by Crippen LogP contribution is 2.16. The number of methoxy groups -OCH3 is 1. The van der Waals surface area contributed by atoms with Crippen molar-refractivity contribution in [3.63, 3.8) is 0 Å². The summed E-state index contributed by atoms with van der Waals surface area (Å²) in [6, 6.07) is 5.92. The Morgan fingerprint density at radius 1 is 1.06 bits per heavy atom. The number of aryl methyl sites for hydroxylation is 3. The molecular formula is C12H15N3O. The second kappa shape index (κ2) is 3.96. The molecule has 2 aromatic heterocycles. The van der Waals surface area contributed by atoms with Gasteiger partial charge in [-0.15, -0.1) is 0 Å². The van der Waals surface area contributed by atoms with Crippen molar-refractivity contribution in [3.05, 3.63) is 35.3 Å². The quantitative estimate of drug-likeness (QED) is 0.774. The van der Waals surface area contributed by atoms with Gasteiger partial charge in [0.25, 0.3) is 0 Å². The summed E-state index contributed by atoms with van der Waals surface area (Å²) in [5, 5.41) is 0. The minimum atomic E-state index is 0.593. The molecule has 0 amide bonds. The molecule has 0 aliphatic carbocycles. The van der Waals surface area contributed by atoms with Crippen LogP contribution >= 0.6 is 0 Å². The van der Waals surface area contributed by atoms with E-state index in [0.717, 1.165) is 17.1 Å². The third kappa shape index (κ3) is 1.78. The molecule has 0 N–H and O–H groups in total. The molecule has 0 unspecified atom stereocenters. The van der Waals surface area contributed by atoms with Crippen molar-refractivity contribution >= 4 is 0 Å². The summed E-state index contributed by atoms with van der Waals surface area (Å²) in [6.45, 7) is 6.00. The molecule has 2 rings (SSSR count). The molecule has 0 aliphatic rings. The Bertz CT molecular complexity index is 497. The normalized spacial score (nSPS) is 10.5. The predicted molar refractivity (Wildman–Crippen MR) is 62.1 cm³/mol. The molecule has 84 valence electrons. The van der Waals surface area contributed by atoms with Crippen LogP contribution in [0.1, 0.15) is 17.1 Å². The van der Waals surface area contributed by atoms with E-state index < -0.39 is 0 Å². The van der Waals surface area contributed by atoms with E-state index in [-0.39, 0.29) is 0 Å². The Morgan fingerprint density at radius 2 is 1.69 bits per heavy atom. The first kappa shape index (κ1) is 10.7. The zero-order valence-corrected chi connectivity index (χ0v) is 9.98. The van der Waals surface area contributed by atoms with E-state index in [9.17, 15) is 0 Å². The summed E-state index contributed by atoms with van der Waals surface area (Å²) < 4.78 is 7.16. The van der Waals surface area contributed by atoms with Gasteiger partial charge in [-0.1, -0.05) is 0 Å². The lowest BCUT2D eigenvalue weighted by molar-refractivity contribution is 0.395. The van der Waals surface area contributed by atoms with Crippen molar-refractivity contribution in [2.45, 2.75) is 20.8 Å². The molecule has 0 saturated heterocycles. The highest BCUT2D eigenvalue weighted by atomic mass is 16.5. The maximum Gasteiger partial charge on any atom is 0.237 e. The van der Waals surface area contributed by atoms with Crippen LogP contribution in [0.2, 0.25) is 0 Å². The summed E-state index contributed by atoms with van der Waals surface area (Å²) in [5.41, 5.74) is 3.13. The minimum Gasteiger partial charge on any atom is -0.481 e. The van der Waals surface area contributed by atoms with Gasteiger partial charge in [-0.05, 0) is 32.9 Å². The first-order valence-corrected chi connectivity index (χ1v) is 5.17. The average Bonchev–Trinajstić information content (AvgIpc) is 2.57. The molecule has 0 spiro atoms. The van der Waals surface area contributed by atoms with Crippen LogP contribution in [0.3, 0.4) is 0 Å². The van der Waals surface area contributed by atoms with Gasteiger partial charge in [0.1, 0.15) is 0 Å². The van der Waals surface area contributed by atoms with Gasteiger partial charge >= 0.3 is 0 Å². The van der Waals surface area contributed by atoms with Crippen molar-refractivity contribution in [2.75, 3.05) is 7.11 Å². The highest BCUT2D eigenvalue weighted by molar-refractivity contribution is 5.29. The number of aromatic nitrogens is 3. The Morgan fingerprint density at radius 3 is 2.25 bits per heavy atom. The van der Waals surface area contributed by atoms with Gasteiger partial charge in [-0.3, -0.25) is 4.57 Å². The van der Waals surface area contributed by atoms with Gasteiger partial charge < -0.3 is 4.74 Å². The van der Waals surface area contributed by atoms with E-state index in [1.807, 2.05) is 43.5 Å². The second-order valence-electron chi connectivity index (χ2n) is 3.80. The van der Waals surface area contributed by atoms with E-state index >= 15 is 0 Å². The fourth-order valence-corrected chi connectivity index (χ4v) is 1.71. The molecule has 0 atom stereocenters. The van der Waals surface area contributed by atoms with Crippen molar-refractivity contribution in [2.24, 2.45) is 0 Å². The van der Waals surface area contributed by atoms with Crippen LogP contribution < -0.4 is 4.74 Å². The standard InChI is InChI=1S/C12H15N3O/c1-8-7-11(16-4)14-12(13-8)15-9(2)5-6-10(15)3/h5-7H,1-4H3. The summed E-state index contributed by atoms with van der Waals surface area (Å²) >= 11 is 0. The number of hydrogen-bond donors (Lipinski definition) is 0. The van der Waals surface area contributed by atoms with Crippen molar-refractivity contribution < 1.29 is 4.74 Å². The number of ether oxygens (including phenoxy) is 1. The van der Waals surface area contributed by atoms with E-state index in [0.29, 0.717) is 11.8 Å². The Hall–Kier alpha value is -1.84. The van der Waals surface area contributed by atoms with Crippen LogP contribution in [0.15, 0.2) is 18.2 Å². The predicted octanol–water partition coefficient (Wildman–Crippen LogP) is 2.20. The average molecular weight is 217 g/mol. The lowest BCUT2D eigenvalue weighted by Gasteiger charge is -2.09. The SMILES string of the molecule is COc1cc(C)nc(-n2c(C)ccc2C)n1. The summed E-state index contributed by atoms with van der Waals surface area (Å²) in [5.74, 6) is 1.26. The molecule has 4 heteroatoms. The van der Waals surface area contributed by atoms with Crippen molar-refractivity contribution in [1.29, 1.82) is 0 Å². The first-order chi connectivity index (χ1) is 7.61. The van der Waals surface area contributed by atoms with Crippen molar-refractivity contribution in [3.8, 4) is 11.8 Å². The zero-order valence-electron chi connectivity index (χ0n) is 9.98. The van der Waals surface area contributed by atoms with Crippen LogP contribution in [0.5, 0.6) is 5.88 Å². The summed E-state index contributed by atoms with van der Waals surface area (Å²) in [7, 11) is 1.61. The molecular weight excluding hydrogens is 202 g/mol. The second-order valence-corrected chi connectivity index (χ2v) is 3.80. The van der Waals surface area contributed by atoms with Gasteiger partial charge in [-0.2, -0.15) is 4.98 Å². The fraction of sp³-hybridized carbons (Fsp3) is 0.333. The maximum atomic E-state index is 5.15. The first-order valence-electron chi connectivity index (χ1n) is 5.17. The molecule has 0 aliphatic heterocycles. The maximum absolute atomic E-state index is 5.15. The highest BCUT2D eigenvalue weighted by Gasteiger charge is 2.08. The molecule has 16 heavy (non-hydrogen) atoms. The molecule has 0 radical (unpaired) electrons. The van der Waals surface area contributed by atoms with E-state index in [4.69, 9.17) is 4.74 Å². The lowest BCUT2D eigenvalue weighted by atomic mass is 10.4. The molecule has 0 fully saturated rings. The Balaban J connectivity index is 2.60. The van der Waals surface area contributed by atoms with E-state index in [2.05, 4.69) is 9.97 Å². The monoisotopic (exact) mass is 217 g/mol. The van der Waals surface area contributed by atoms with Crippen LogP contribution in [0, 0.1) is 20.8 Å². The fourth-order valence-electron chi connectivity index (χ4n) is 1.71. The molecule has 0 aromatic carbocycles. The Kier molecular flexibility index (Phi) is 2.64. The van der Waals surface area contributed by atoms with Crippen LogP contribution in [0.4, 0.5) is 0 Å². The third-order valence-electron chi connectivity index (χ3n) is 2.50. The van der Waals surface area contributed by atoms with Gasteiger partial charge in [0.2, 0.25) is 11.8 Å². The van der Waals surface area contributed by atoms with Crippen LogP contribution in [0.25, 0.3) is 5.95 Å². The number of rotatable bonds is 2. The van der Waals surface area contributed by atoms with Crippen LogP contribution in [-0.4, -0.2) is 21.6 Å². The van der Waals surface area contributed by atoms with Gasteiger partial charge in [-0.25, -0.2) is 4.98 Å². The topological polar surface area (TPSA) is 39.9 Å². The van der Waals surface area contributed by atoms with Gasteiger partial charge in [0.15, 0.2) is 0 Å². The molecule has 0 saturated carbocycles. The van der Waals surface area contributed by atoms with E-state index in [1.165, 1.54) is 0 Å². The van der Waals surface area contributed by atoms with Gasteiger partial charge in [0, 0.05) is 23.1 Å². The number of hydrogen-bond acceptors (Lipinski definition) is 3. The third-order valence-corrected chi connectivity index (χ3v) is 2.50. The van der Waals surface area contributed by atoms with Gasteiger partial charge in [0.05, 0.1) is 7.11 Å². The lowest BCUT2D eigenvalue weighted by Crippen LogP contribution is -2.06. The largest absolute Gasteiger partial charge is 0.481 e. The molecule has 4 nitrogen and oxygen atoms in total.